The number of carboxylic acid groups (broad SMARTS) is 1. The molecule has 1 aliphatic rings. The lowest BCUT2D eigenvalue weighted by Gasteiger charge is -2.21. The average molecular weight is 515 g/mol. The highest BCUT2D eigenvalue weighted by molar-refractivity contribution is 5.83. The van der Waals surface area contributed by atoms with E-state index in [0.717, 1.165) is 17.2 Å². The first-order valence-corrected chi connectivity index (χ1v) is 11.7. The van der Waals surface area contributed by atoms with Crippen LogP contribution in [0.3, 0.4) is 0 Å². The molecule has 1 N–H and O–H groups in total. The minimum absolute atomic E-state index is 0.178. The van der Waals surface area contributed by atoms with E-state index in [9.17, 15) is 27.9 Å². The number of rotatable bonds is 8. The van der Waals surface area contributed by atoms with Gasteiger partial charge in [-0.3, -0.25) is 9.59 Å². The van der Waals surface area contributed by atoms with Crippen LogP contribution in [0.5, 0.6) is 5.75 Å². The summed E-state index contributed by atoms with van der Waals surface area (Å²) in [5.74, 6) is -2.27. The molecule has 3 rings (SSSR count). The maximum Gasteiger partial charge on any atom is 0.412 e. The normalized spacial score (nSPS) is 14.8. The van der Waals surface area contributed by atoms with Gasteiger partial charge in [0.1, 0.15) is 18.0 Å². The fourth-order valence-corrected chi connectivity index (χ4v) is 3.73. The lowest BCUT2D eigenvalue weighted by atomic mass is 9.95. The van der Waals surface area contributed by atoms with Gasteiger partial charge in [0.2, 0.25) is 0 Å². The van der Waals surface area contributed by atoms with Crippen LogP contribution in [0, 0.1) is 0 Å². The van der Waals surface area contributed by atoms with E-state index in [1.165, 1.54) is 12.2 Å². The predicted molar refractivity (Wildman–Crippen MR) is 134 cm³/mol. The first-order valence-electron chi connectivity index (χ1n) is 11.7. The number of benzene rings is 2. The Kier molecular flexibility index (Phi) is 8.63. The summed E-state index contributed by atoms with van der Waals surface area (Å²) in [5.41, 5.74) is 1.38. The van der Waals surface area contributed by atoms with Crippen molar-refractivity contribution in [3.8, 4) is 5.75 Å². The minimum Gasteiger partial charge on any atom is -0.489 e. The summed E-state index contributed by atoms with van der Waals surface area (Å²) in [6, 6.07) is 13.8. The van der Waals surface area contributed by atoms with Crippen LogP contribution < -0.4 is 4.74 Å². The number of carbonyl (C=O) groups excluding carboxylic acids is 1. The van der Waals surface area contributed by atoms with E-state index in [1.807, 2.05) is 18.2 Å². The fraction of sp³-hybridized carbons (Fsp3) is 0.310. The monoisotopic (exact) mass is 514 g/mol. The van der Waals surface area contributed by atoms with Crippen LogP contribution in [0.25, 0.3) is 5.57 Å². The highest BCUT2D eigenvalue weighted by Gasteiger charge is 2.32. The molecule has 0 radical (unpaired) electrons. The van der Waals surface area contributed by atoms with E-state index >= 15 is 0 Å². The molecule has 1 unspecified atom stereocenters. The van der Waals surface area contributed by atoms with Crippen LogP contribution in [-0.2, 0) is 20.9 Å². The molecule has 1 aliphatic carbocycles. The molecule has 5 nitrogen and oxygen atoms in total. The van der Waals surface area contributed by atoms with Gasteiger partial charge in [0.25, 0.3) is 0 Å². The second-order valence-corrected chi connectivity index (χ2v) is 9.66. The number of carboxylic acids is 1. The molecule has 0 aromatic heterocycles. The lowest BCUT2D eigenvalue weighted by Crippen LogP contribution is -2.26. The zero-order valence-corrected chi connectivity index (χ0v) is 20.8. The Hall–Kier alpha value is -3.81. The topological polar surface area (TPSA) is 72.8 Å². The lowest BCUT2D eigenvalue weighted by molar-refractivity contribution is -0.158. The second-order valence-electron chi connectivity index (χ2n) is 9.66. The number of hydrogen-bond acceptors (Lipinski definition) is 4. The highest BCUT2D eigenvalue weighted by atomic mass is 19.4. The van der Waals surface area contributed by atoms with Crippen molar-refractivity contribution in [2.24, 2.45) is 0 Å². The maximum atomic E-state index is 13.0. The number of esters is 1. The Morgan fingerprint density at radius 1 is 1.03 bits per heavy atom. The van der Waals surface area contributed by atoms with Crippen molar-refractivity contribution in [2.75, 3.05) is 0 Å². The van der Waals surface area contributed by atoms with Crippen molar-refractivity contribution in [1.29, 1.82) is 0 Å². The molecule has 0 heterocycles. The van der Waals surface area contributed by atoms with Gasteiger partial charge in [-0.2, -0.15) is 13.2 Å². The third-order valence-corrected chi connectivity index (χ3v) is 5.50. The quantitative estimate of drug-likeness (QED) is 0.384. The molecule has 1 atom stereocenters. The summed E-state index contributed by atoms with van der Waals surface area (Å²) in [5, 5.41) is 9.59. The van der Waals surface area contributed by atoms with E-state index in [4.69, 9.17) is 9.47 Å². The third-order valence-electron chi connectivity index (χ3n) is 5.50. The van der Waals surface area contributed by atoms with E-state index in [1.54, 1.807) is 57.2 Å². The number of alkyl halides is 3. The third kappa shape index (κ3) is 8.37. The molecule has 0 fully saturated rings. The first-order chi connectivity index (χ1) is 17.3. The van der Waals surface area contributed by atoms with Crippen molar-refractivity contribution in [2.45, 2.75) is 57.9 Å². The molecular formula is C29H29F3O5. The number of allylic oxidation sites excluding steroid dienone is 6. The summed E-state index contributed by atoms with van der Waals surface area (Å²) in [4.78, 5) is 23.9. The summed E-state index contributed by atoms with van der Waals surface area (Å²) in [6.07, 6.45) is 0.905. The molecule has 0 spiro atoms. The maximum absolute atomic E-state index is 13.0. The van der Waals surface area contributed by atoms with Gasteiger partial charge in [-0.15, -0.1) is 0 Å². The SMILES string of the molecule is CC(C)(C)OC(=O)CC(C(=O)O)c1ccc(OCc2cccc(C3=CC=C(C(F)(F)F)CC=C3)c2)cc1. The van der Waals surface area contributed by atoms with Crippen molar-refractivity contribution in [3.63, 3.8) is 0 Å². The van der Waals surface area contributed by atoms with Crippen LogP contribution in [-0.4, -0.2) is 28.8 Å². The molecular weight excluding hydrogens is 485 g/mol. The molecule has 2 aromatic carbocycles. The number of aliphatic carboxylic acids is 1. The molecule has 0 bridgehead atoms. The Bertz CT molecular complexity index is 1220. The largest absolute Gasteiger partial charge is 0.489 e. The molecule has 37 heavy (non-hydrogen) atoms. The van der Waals surface area contributed by atoms with Crippen LogP contribution >= 0.6 is 0 Å². The van der Waals surface area contributed by atoms with Crippen LogP contribution in [0.1, 0.15) is 56.2 Å². The van der Waals surface area contributed by atoms with E-state index in [2.05, 4.69) is 0 Å². The summed E-state index contributed by atoms with van der Waals surface area (Å²) < 4.78 is 50.1. The van der Waals surface area contributed by atoms with Gasteiger partial charge >= 0.3 is 18.1 Å². The fourth-order valence-electron chi connectivity index (χ4n) is 3.73. The number of hydrogen-bond donors (Lipinski definition) is 1. The smallest absolute Gasteiger partial charge is 0.412 e. The van der Waals surface area contributed by atoms with Gasteiger partial charge in [-0.25, -0.2) is 0 Å². The Morgan fingerprint density at radius 3 is 2.35 bits per heavy atom. The second kappa shape index (κ2) is 11.5. The Balaban J connectivity index is 1.66. The zero-order chi connectivity index (χ0) is 27.2. The van der Waals surface area contributed by atoms with Crippen LogP contribution in [0.4, 0.5) is 13.2 Å². The van der Waals surface area contributed by atoms with Crippen molar-refractivity contribution in [1.82, 2.24) is 0 Å². The Labute approximate surface area is 213 Å². The summed E-state index contributed by atoms with van der Waals surface area (Å²) in [6.45, 7) is 5.35. The molecule has 8 heteroatoms. The minimum atomic E-state index is -4.36. The molecule has 0 aliphatic heterocycles. The van der Waals surface area contributed by atoms with Gasteiger partial charge in [0.15, 0.2) is 0 Å². The van der Waals surface area contributed by atoms with Crippen LogP contribution in [0.2, 0.25) is 0 Å². The highest BCUT2D eigenvalue weighted by Crippen LogP contribution is 2.32. The van der Waals surface area contributed by atoms with E-state index in [0.29, 0.717) is 16.9 Å². The zero-order valence-electron chi connectivity index (χ0n) is 20.8. The van der Waals surface area contributed by atoms with Gasteiger partial charge in [0.05, 0.1) is 12.3 Å². The van der Waals surface area contributed by atoms with Gasteiger partial charge in [-0.05, 0) is 67.7 Å². The van der Waals surface area contributed by atoms with Gasteiger partial charge in [0, 0.05) is 5.57 Å². The van der Waals surface area contributed by atoms with Crippen molar-refractivity contribution < 1.29 is 37.3 Å². The number of carbonyl (C=O) groups is 2. The first kappa shape index (κ1) is 27.8. The van der Waals surface area contributed by atoms with Crippen LogP contribution in [0.15, 0.2) is 78.4 Å². The molecule has 0 saturated heterocycles. The Morgan fingerprint density at radius 2 is 1.73 bits per heavy atom. The molecule has 0 amide bonds. The van der Waals surface area contributed by atoms with Gasteiger partial charge < -0.3 is 14.6 Å². The number of halogens is 3. The standard InChI is InChI=1S/C29H29F3O5/c1-28(2,3)37-26(33)17-25(27(34)35)21-11-14-24(15-12-21)36-18-19-6-4-8-22(16-19)20-7-5-9-23(13-10-20)29(30,31)32/h4-8,10-16,25H,9,17-18H2,1-3H3,(H,34,35). The average Bonchev–Trinajstić information content (AvgIpc) is 3.07. The predicted octanol–water partition coefficient (Wildman–Crippen LogP) is 7.00. The van der Waals surface area contributed by atoms with E-state index < -0.39 is 35.2 Å². The molecule has 0 saturated carbocycles. The van der Waals surface area contributed by atoms with E-state index in [-0.39, 0.29) is 19.4 Å². The molecule has 196 valence electrons. The van der Waals surface area contributed by atoms with Crippen molar-refractivity contribution in [3.05, 3.63) is 95.1 Å². The summed E-state index contributed by atoms with van der Waals surface area (Å²) >= 11 is 0. The summed E-state index contributed by atoms with van der Waals surface area (Å²) in [7, 11) is 0. The number of ether oxygens (including phenoxy) is 2. The molecule has 2 aromatic rings. The van der Waals surface area contributed by atoms with Gasteiger partial charge in [-0.1, -0.05) is 54.6 Å². The van der Waals surface area contributed by atoms with Crippen molar-refractivity contribution >= 4 is 17.5 Å².